The normalized spacial score (nSPS) is 22.9. The quantitative estimate of drug-likeness (QED) is 0.835. The van der Waals surface area contributed by atoms with Crippen LogP contribution in [-0.4, -0.2) is 39.6 Å². The van der Waals surface area contributed by atoms with Gasteiger partial charge in [0.2, 0.25) is 5.91 Å². The molecule has 1 heterocycles. The predicted octanol–water partition coefficient (Wildman–Crippen LogP) is 2.87. The Hall–Kier alpha value is -1.59. The molecule has 3 atom stereocenters. The third-order valence-corrected chi connectivity index (χ3v) is 4.73. The first kappa shape index (κ1) is 17.8. The van der Waals surface area contributed by atoms with Gasteiger partial charge in [-0.2, -0.15) is 0 Å². The summed E-state index contributed by atoms with van der Waals surface area (Å²) in [5, 5.41) is 19.3. The van der Waals surface area contributed by atoms with E-state index in [1.807, 2.05) is 19.1 Å². The first-order valence-corrected chi connectivity index (χ1v) is 8.26. The molecular weight excluding hydrogens is 318 g/mol. The second kappa shape index (κ2) is 7.79. The van der Waals surface area contributed by atoms with Crippen molar-refractivity contribution in [3.63, 3.8) is 0 Å². The molecule has 1 aromatic carbocycles. The number of halogens is 1. The Bertz CT molecular complexity index is 556. The third kappa shape index (κ3) is 4.03. The van der Waals surface area contributed by atoms with E-state index in [1.54, 1.807) is 17.0 Å². The van der Waals surface area contributed by atoms with Crippen molar-refractivity contribution in [2.45, 2.75) is 44.7 Å². The largest absolute Gasteiger partial charge is 0.481 e. The lowest BCUT2D eigenvalue weighted by molar-refractivity contribution is -0.152. The lowest BCUT2D eigenvalue weighted by Crippen LogP contribution is -2.50. The summed E-state index contributed by atoms with van der Waals surface area (Å²) in [6, 6.07) is 6.87. The summed E-state index contributed by atoms with van der Waals surface area (Å²) in [7, 11) is 0. The van der Waals surface area contributed by atoms with E-state index in [-0.39, 0.29) is 31.0 Å². The van der Waals surface area contributed by atoms with E-state index in [0.717, 1.165) is 5.56 Å². The molecular formula is C17H22ClNO4. The monoisotopic (exact) mass is 339 g/mol. The summed E-state index contributed by atoms with van der Waals surface area (Å²) >= 11 is 5.93. The molecule has 0 spiro atoms. The van der Waals surface area contributed by atoms with Gasteiger partial charge in [0.25, 0.3) is 0 Å². The number of nitrogens with zero attached hydrogens (tertiary/aromatic N) is 1. The number of rotatable bonds is 6. The van der Waals surface area contributed by atoms with Gasteiger partial charge in [-0.1, -0.05) is 30.7 Å². The van der Waals surface area contributed by atoms with Gasteiger partial charge < -0.3 is 15.1 Å². The Balaban J connectivity index is 2.31. The lowest BCUT2D eigenvalue weighted by atomic mass is 9.85. The molecule has 1 aliphatic heterocycles. The Morgan fingerprint density at radius 1 is 1.35 bits per heavy atom. The average Bonchev–Trinajstić information content (AvgIpc) is 2.52. The van der Waals surface area contributed by atoms with Crippen LogP contribution in [0.4, 0.5) is 0 Å². The summed E-state index contributed by atoms with van der Waals surface area (Å²) in [6.07, 6.45) is 1.68. The number of likely N-dealkylation sites (tertiary alicyclic amines) is 1. The number of hydrogen-bond donors (Lipinski definition) is 2. The molecule has 0 saturated carbocycles. The highest BCUT2D eigenvalue weighted by Gasteiger charge is 2.39. The first-order valence-electron chi connectivity index (χ1n) is 7.88. The molecule has 0 aliphatic carbocycles. The fourth-order valence-electron chi connectivity index (χ4n) is 3.25. The fourth-order valence-corrected chi connectivity index (χ4v) is 3.37. The van der Waals surface area contributed by atoms with Crippen LogP contribution >= 0.6 is 11.6 Å². The maximum absolute atomic E-state index is 12.8. The number of carboxylic acids is 1. The summed E-state index contributed by atoms with van der Waals surface area (Å²) < 4.78 is 0. The van der Waals surface area contributed by atoms with Gasteiger partial charge >= 0.3 is 5.97 Å². The smallest absolute Gasteiger partial charge is 0.304 e. The van der Waals surface area contributed by atoms with Gasteiger partial charge in [0.1, 0.15) is 0 Å². The van der Waals surface area contributed by atoms with Crippen LogP contribution in [0, 0.1) is 5.92 Å². The minimum absolute atomic E-state index is 0.133. The molecule has 2 N–H and O–H groups in total. The molecule has 1 aromatic rings. The molecule has 0 radical (unpaired) electrons. The van der Waals surface area contributed by atoms with E-state index in [4.69, 9.17) is 16.7 Å². The molecule has 0 aromatic heterocycles. The SMILES string of the molecule is CC[C@@H](CO)N1C(=O)C(CC(=O)O)CCC1c1ccc(Cl)cc1. The molecule has 1 aliphatic rings. The zero-order valence-corrected chi connectivity index (χ0v) is 13.9. The number of carbonyl (C=O) groups excluding carboxylic acids is 1. The van der Waals surface area contributed by atoms with Crippen LogP contribution in [0.1, 0.15) is 44.2 Å². The van der Waals surface area contributed by atoms with Crippen LogP contribution < -0.4 is 0 Å². The number of aliphatic hydroxyl groups is 1. The molecule has 2 unspecified atom stereocenters. The van der Waals surface area contributed by atoms with Crippen molar-refractivity contribution in [3.05, 3.63) is 34.9 Å². The number of carboxylic acid groups (broad SMARTS) is 1. The number of hydrogen-bond acceptors (Lipinski definition) is 3. The zero-order chi connectivity index (χ0) is 17.0. The standard InChI is InChI=1S/C17H22ClNO4/c1-2-14(10-20)19-15(11-3-6-13(18)7-4-11)8-5-12(17(19)23)9-16(21)22/h3-4,6-7,12,14-15,20H,2,5,8-10H2,1H3,(H,21,22)/t12?,14-,15?/m0/s1. The van der Waals surface area contributed by atoms with Crippen molar-refractivity contribution in [1.29, 1.82) is 0 Å². The second-order valence-corrected chi connectivity index (χ2v) is 6.37. The second-order valence-electron chi connectivity index (χ2n) is 5.93. The van der Waals surface area contributed by atoms with Crippen LogP contribution in [0.2, 0.25) is 5.02 Å². The molecule has 23 heavy (non-hydrogen) atoms. The number of aliphatic hydroxyl groups excluding tert-OH is 1. The maximum Gasteiger partial charge on any atom is 0.304 e. The van der Waals surface area contributed by atoms with E-state index in [9.17, 15) is 14.7 Å². The third-order valence-electron chi connectivity index (χ3n) is 4.48. The van der Waals surface area contributed by atoms with Gasteiger partial charge in [0, 0.05) is 10.9 Å². The number of piperidine rings is 1. The highest BCUT2D eigenvalue weighted by atomic mass is 35.5. The first-order chi connectivity index (χ1) is 11.0. The van der Waals surface area contributed by atoms with Crippen LogP contribution in [-0.2, 0) is 9.59 Å². The predicted molar refractivity (Wildman–Crippen MR) is 87.2 cm³/mol. The molecule has 1 amide bonds. The van der Waals surface area contributed by atoms with Gasteiger partial charge in [-0.3, -0.25) is 9.59 Å². The molecule has 1 saturated heterocycles. The Labute approximate surface area is 140 Å². The van der Waals surface area contributed by atoms with Gasteiger partial charge in [-0.15, -0.1) is 0 Å². The molecule has 1 fully saturated rings. The van der Waals surface area contributed by atoms with Crippen molar-refractivity contribution in [1.82, 2.24) is 4.90 Å². The Morgan fingerprint density at radius 2 is 2.00 bits per heavy atom. The van der Waals surface area contributed by atoms with E-state index < -0.39 is 11.9 Å². The minimum Gasteiger partial charge on any atom is -0.481 e. The van der Waals surface area contributed by atoms with E-state index in [1.165, 1.54) is 0 Å². The average molecular weight is 340 g/mol. The van der Waals surface area contributed by atoms with Gasteiger partial charge in [-0.25, -0.2) is 0 Å². The molecule has 5 nitrogen and oxygen atoms in total. The number of benzene rings is 1. The number of amides is 1. The van der Waals surface area contributed by atoms with E-state index in [0.29, 0.717) is 24.3 Å². The van der Waals surface area contributed by atoms with Crippen LogP contribution in [0.5, 0.6) is 0 Å². The van der Waals surface area contributed by atoms with Crippen LogP contribution in [0.3, 0.4) is 0 Å². The highest BCUT2D eigenvalue weighted by Crippen LogP contribution is 2.37. The summed E-state index contributed by atoms with van der Waals surface area (Å²) in [4.78, 5) is 25.5. The van der Waals surface area contributed by atoms with Crippen molar-refractivity contribution in [2.24, 2.45) is 5.92 Å². The minimum atomic E-state index is -0.967. The summed E-state index contributed by atoms with van der Waals surface area (Å²) in [5.41, 5.74) is 0.962. The van der Waals surface area contributed by atoms with Crippen molar-refractivity contribution < 1.29 is 19.8 Å². The van der Waals surface area contributed by atoms with Crippen molar-refractivity contribution >= 4 is 23.5 Å². The molecule has 0 bridgehead atoms. The van der Waals surface area contributed by atoms with Crippen molar-refractivity contribution in [2.75, 3.05) is 6.61 Å². The number of carbonyl (C=O) groups is 2. The highest BCUT2D eigenvalue weighted by molar-refractivity contribution is 6.30. The van der Waals surface area contributed by atoms with E-state index >= 15 is 0 Å². The summed E-state index contributed by atoms with van der Waals surface area (Å²) in [6.45, 7) is 1.78. The van der Waals surface area contributed by atoms with Gasteiger partial charge in [0.05, 0.1) is 25.1 Å². The Kier molecular flexibility index (Phi) is 6.02. The number of aliphatic carboxylic acids is 1. The zero-order valence-electron chi connectivity index (χ0n) is 13.1. The van der Waals surface area contributed by atoms with Crippen molar-refractivity contribution in [3.8, 4) is 0 Å². The van der Waals surface area contributed by atoms with Crippen LogP contribution in [0.25, 0.3) is 0 Å². The van der Waals surface area contributed by atoms with Crippen LogP contribution in [0.15, 0.2) is 24.3 Å². The molecule has 6 heteroatoms. The topological polar surface area (TPSA) is 77.8 Å². The summed E-state index contributed by atoms with van der Waals surface area (Å²) in [5.74, 6) is -1.67. The van der Waals surface area contributed by atoms with Gasteiger partial charge in [-0.05, 0) is 37.0 Å². The molecule has 126 valence electrons. The van der Waals surface area contributed by atoms with E-state index in [2.05, 4.69) is 0 Å². The Morgan fingerprint density at radius 3 is 2.52 bits per heavy atom. The fraction of sp³-hybridized carbons (Fsp3) is 0.529. The van der Waals surface area contributed by atoms with Gasteiger partial charge in [0.15, 0.2) is 0 Å². The molecule has 2 rings (SSSR count). The maximum atomic E-state index is 12.8. The lowest BCUT2D eigenvalue weighted by Gasteiger charge is -2.43.